The van der Waals surface area contributed by atoms with Gasteiger partial charge in [-0.25, -0.2) is 13.4 Å². The summed E-state index contributed by atoms with van der Waals surface area (Å²) in [5.74, 6) is 0.765. The maximum atomic E-state index is 11.3. The fraction of sp³-hybridized carbons (Fsp3) is 0.556. The lowest BCUT2D eigenvalue weighted by Gasteiger charge is -2.08. The number of H-pyrrole nitrogens is 1. The minimum atomic E-state index is -2.86. The van der Waals surface area contributed by atoms with Crippen LogP contribution in [0.25, 0.3) is 0 Å². The highest BCUT2D eigenvalue weighted by atomic mass is 32.2. The molecule has 16 heavy (non-hydrogen) atoms. The Labute approximate surface area is 93.0 Å². The van der Waals surface area contributed by atoms with E-state index >= 15 is 0 Å². The largest absolute Gasteiger partial charge is 0.365 e. The molecule has 0 aromatic carbocycles. The van der Waals surface area contributed by atoms with Crippen LogP contribution in [0.2, 0.25) is 0 Å². The number of rotatable bonds is 3. The maximum absolute atomic E-state index is 11.3. The highest BCUT2D eigenvalue weighted by Crippen LogP contribution is 2.18. The minimum Gasteiger partial charge on any atom is -0.365 e. The second-order valence-corrected chi connectivity index (χ2v) is 6.15. The van der Waals surface area contributed by atoms with Crippen molar-refractivity contribution in [1.29, 1.82) is 0 Å². The van der Waals surface area contributed by atoms with Crippen LogP contribution in [-0.4, -0.2) is 36.4 Å². The number of hydrogen-bond acceptors (Lipinski definition) is 5. The normalized spacial score (nSPS) is 23.1. The monoisotopic (exact) mass is 243 g/mol. The van der Waals surface area contributed by atoms with E-state index in [9.17, 15) is 13.2 Å². The van der Waals surface area contributed by atoms with E-state index in [1.165, 1.54) is 12.4 Å². The second kappa shape index (κ2) is 4.25. The molecule has 1 aromatic heterocycles. The van der Waals surface area contributed by atoms with E-state index in [2.05, 4.69) is 15.3 Å². The third-order valence-corrected chi connectivity index (χ3v) is 4.43. The van der Waals surface area contributed by atoms with Crippen molar-refractivity contribution < 1.29 is 8.42 Å². The summed E-state index contributed by atoms with van der Waals surface area (Å²) in [6, 6.07) is 0. The number of aromatic nitrogens is 2. The van der Waals surface area contributed by atoms with Gasteiger partial charge in [-0.15, -0.1) is 0 Å². The lowest BCUT2D eigenvalue weighted by atomic mass is 10.1. The summed E-state index contributed by atoms with van der Waals surface area (Å²) in [5, 5.41) is 2.87. The lowest BCUT2D eigenvalue weighted by molar-refractivity contribution is 0.595. The topological polar surface area (TPSA) is 91.9 Å². The van der Waals surface area contributed by atoms with Gasteiger partial charge in [0.15, 0.2) is 15.7 Å². The number of anilines is 1. The summed E-state index contributed by atoms with van der Waals surface area (Å²) in [5.41, 5.74) is -0.289. The van der Waals surface area contributed by atoms with E-state index < -0.39 is 9.84 Å². The van der Waals surface area contributed by atoms with Crippen molar-refractivity contribution in [3.63, 3.8) is 0 Å². The molecule has 1 aromatic rings. The predicted octanol–water partition coefficient (Wildman–Crippen LogP) is -0.384. The molecule has 2 N–H and O–H groups in total. The fourth-order valence-corrected chi connectivity index (χ4v) is 3.61. The summed E-state index contributed by atoms with van der Waals surface area (Å²) in [6.07, 6.45) is 3.59. The number of nitrogens with one attached hydrogen (secondary N) is 2. The van der Waals surface area contributed by atoms with Gasteiger partial charge in [0.1, 0.15) is 0 Å². The first-order valence-corrected chi connectivity index (χ1v) is 6.87. The van der Waals surface area contributed by atoms with Crippen molar-refractivity contribution in [3.8, 4) is 0 Å². The Bertz CT molecular complexity index is 523. The third kappa shape index (κ3) is 2.60. The molecule has 1 saturated heterocycles. The van der Waals surface area contributed by atoms with Crippen LogP contribution in [-0.2, 0) is 9.84 Å². The van der Waals surface area contributed by atoms with Gasteiger partial charge in [0.25, 0.3) is 5.56 Å². The Kier molecular flexibility index (Phi) is 2.95. The van der Waals surface area contributed by atoms with Crippen LogP contribution in [0.15, 0.2) is 17.2 Å². The molecular weight excluding hydrogens is 230 g/mol. The Morgan fingerprint density at radius 3 is 3.00 bits per heavy atom. The highest BCUT2D eigenvalue weighted by molar-refractivity contribution is 7.91. The molecule has 0 saturated carbocycles. The first kappa shape index (κ1) is 11.1. The zero-order valence-electron chi connectivity index (χ0n) is 8.64. The smallest absolute Gasteiger partial charge is 0.290 e. The van der Waals surface area contributed by atoms with E-state index in [1.807, 2.05) is 0 Å². The Balaban J connectivity index is 1.94. The van der Waals surface area contributed by atoms with E-state index in [4.69, 9.17) is 0 Å². The molecule has 88 valence electrons. The van der Waals surface area contributed by atoms with Crippen molar-refractivity contribution >= 4 is 15.7 Å². The molecule has 1 fully saturated rings. The number of aromatic amines is 1. The standard InChI is InChI=1S/C9H13N3O3S/c13-9-8(10-2-3-11-9)12-5-7-1-4-16(14,15)6-7/h2-3,7H,1,4-6H2,(H,10,12)(H,11,13). The summed E-state index contributed by atoms with van der Waals surface area (Å²) in [7, 11) is -2.86. The zero-order chi connectivity index (χ0) is 11.6. The van der Waals surface area contributed by atoms with Crippen molar-refractivity contribution in [2.45, 2.75) is 6.42 Å². The number of sulfone groups is 1. The molecule has 2 rings (SSSR count). The van der Waals surface area contributed by atoms with Gasteiger partial charge in [0, 0.05) is 18.9 Å². The summed E-state index contributed by atoms with van der Waals surface area (Å²) >= 11 is 0. The molecule has 0 aliphatic carbocycles. The van der Waals surface area contributed by atoms with Gasteiger partial charge in [0.2, 0.25) is 0 Å². The molecule has 1 unspecified atom stereocenters. The molecule has 0 spiro atoms. The molecule has 1 atom stereocenters. The van der Waals surface area contributed by atoms with Gasteiger partial charge in [-0.2, -0.15) is 0 Å². The number of hydrogen-bond donors (Lipinski definition) is 2. The van der Waals surface area contributed by atoms with Gasteiger partial charge < -0.3 is 10.3 Å². The van der Waals surface area contributed by atoms with Crippen LogP contribution in [0.4, 0.5) is 5.82 Å². The van der Waals surface area contributed by atoms with Crippen LogP contribution in [0.1, 0.15) is 6.42 Å². The highest BCUT2D eigenvalue weighted by Gasteiger charge is 2.27. The molecule has 0 radical (unpaired) electrons. The Morgan fingerprint density at radius 2 is 2.38 bits per heavy atom. The van der Waals surface area contributed by atoms with Crippen molar-refractivity contribution in [3.05, 3.63) is 22.7 Å². The van der Waals surface area contributed by atoms with E-state index in [0.717, 1.165) is 0 Å². The molecule has 0 amide bonds. The summed E-state index contributed by atoms with van der Waals surface area (Å²) < 4.78 is 22.4. The molecule has 1 aliphatic heterocycles. The third-order valence-electron chi connectivity index (χ3n) is 2.59. The average Bonchev–Trinajstić information content (AvgIpc) is 2.57. The SMILES string of the molecule is O=c1[nH]ccnc1NCC1CCS(=O)(=O)C1. The van der Waals surface area contributed by atoms with Gasteiger partial charge >= 0.3 is 0 Å². The van der Waals surface area contributed by atoms with Gasteiger partial charge in [0.05, 0.1) is 11.5 Å². The van der Waals surface area contributed by atoms with E-state index in [-0.39, 0.29) is 28.8 Å². The average molecular weight is 243 g/mol. The van der Waals surface area contributed by atoms with Gasteiger partial charge in [-0.05, 0) is 12.3 Å². The first-order valence-electron chi connectivity index (χ1n) is 5.05. The molecule has 2 heterocycles. The molecule has 6 nitrogen and oxygen atoms in total. The lowest BCUT2D eigenvalue weighted by Crippen LogP contribution is -2.21. The maximum Gasteiger partial charge on any atom is 0.290 e. The van der Waals surface area contributed by atoms with E-state index in [1.54, 1.807) is 0 Å². The quantitative estimate of drug-likeness (QED) is 0.754. The fourth-order valence-electron chi connectivity index (χ4n) is 1.75. The van der Waals surface area contributed by atoms with Crippen LogP contribution < -0.4 is 10.9 Å². The van der Waals surface area contributed by atoms with Crippen LogP contribution >= 0.6 is 0 Å². The van der Waals surface area contributed by atoms with Crippen molar-refractivity contribution in [2.75, 3.05) is 23.4 Å². The van der Waals surface area contributed by atoms with Gasteiger partial charge in [-0.1, -0.05) is 0 Å². The predicted molar refractivity (Wildman–Crippen MR) is 60.1 cm³/mol. The molecule has 0 bridgehead atoms. The van der Waals surface area contributed by atoms with Crippen molar-refractivity contribution in [2.24, 2.45) is 5.92 Å². The second-order valence-electron chi connectivity index (χ2n) is 3.92. The van der Waals surface area contributed by atoms with Crippen LogP contribution in [0, 0.1) is 5.92 Å². The Morgan fingerprint density at radius 1 is 1.56 bits per heavy atom. The summed E-state index contributed by atoms with van der Waals surface area (Å²) in [6.45, 7) is 0.472. The number of nitrogens with zero attached hydrogens (tertiary/aromatic N) is 1. The van der Waals surface area contributed by atoms with Gasteiger partial charge in [-0.3, -0.25) is 4.79 Å². The summed E-state index contributed by atoms with van der Waals surface area (Å²) in [4.78, 5) is 17.6. The first-order chi connectivity index (χ1) is 7.57. The Hall–Kier alpha value is -1.37. The molecule has 7 heteroatoms. The van der Waals surface area contributed by atoms with Crippen LogP contribution in [0.5, 0.6) is 0 Å². The van der Waals surface area contributed by atoms with Crippen LogP contribution in [0.3, 0.4) is 0 Å². The van der Waals surface area contributed by atoms with Crippen molar-refractivity contribution in [1.82, 2.24) is 9.97 Å². The molecular formula is C9H13N3O3S. The minimum absolute atomic E-state index is 0.0754. The zero-order valence-corrected chi connectivity index (χ0v) is 9.46. The molecule has 1 aliphatic rings. The van der Waals surface area contributed by atoms with E-state index in [0.29, 0.717) is 13.0 Å².